The molecule has 2 aromatic rings. The summed E-state index contributed by atoms with van der Waals surface area (Å²) >= 11 is 0. The third kappa shape index (κ3) is 2.72. The van der Waals surface area contributed by atoms with Crippen molar-refractivity contribution < 1.29 is 19.8 Å². The van der Waals surface area contributed by atoms with E-state index in [0.717, 1.165) is 11.1 Å². The van der Waals surface area contributed by atoms with Crippen LogP contribution in [0.1, 0.15) is 43.0 Å². The van der Waals surface area contributed by atoms with Gasteiger partial charge in [-0.05, 0) is 61.1 Å². The first-order chi connectivity index (χ1) is 10.2. The van der Waals surface area contributed by atoms with Crippen molar-refractivity contribution in [3.8, 4) is 11.1 Å². The van der Waals surface area contributed by atoms with E-state index in [9.17, 15) is 19.8 Å². The first-order valence-corrected chi connectivity index (χ1v) is 6.91. The smallest absolute Gasteiger partial charge is 0.336 e. The minimum atomic E-state index is -0.935. The third-order valence-electron chi connectivity index (χ3n) is 3.83. The number of aryl methyl sites for hydroxylation is 4. The minimum absolute atomic E-state index is 0.319. The average molecular weight is 298 g/mol. The number of rotatable bonds is 3. The normalized spacial score (nSPS) is 10.5. The van der Waals surface area contributed by atoms with Gasteiger partial charge in [-0.3, -0.25) is 0 Å². The van der Waals surface area contributed by atoms with Crippen molar-refractivity contribution in [2.45, 2.75) is 27.7 Å². The lowest BCUT2D eigenvalue weighted by Crippen LogP contribution is -2.05. The lowest BCUT2D eigenvalue weighted by molar-refractivity contribution is 0.0684. The maximum absolute atomic E-state index is 11.3. The van der Waals surface area contributed by atoms with Gasteiger partial charge in [0.05, 0.1) is 11.1 Å². The molecule has 2 N–H and O–H groups in total. The molecule has 2 aromatic carbocycles. The predicted molar refractivity (Wildman–Crippen MR) is 84.7 cm³/mol. The summed E-state index contributed by atoms with van der Waals surface area (Å²) in [7, 11) is 0. The molecule has 0 saturated heterocycles. The molecule has 114 valence electrons. The Morgan fingerprint density at radius 3 is 1.05 bits per heavy atom. The molecule has 0 bridgehead atoms. The molecule has 0 aromatic heterocycles. The van der Waals surface area contributed by atoms with Crippen molar-refractivity contribution in [2.24, 2.45) is 0 Å². The number of hydrogen-bond acceptors (Lipinski definition) is 2. The van der Waals surface area contributed by atoms with Gasteiger partial charge in [-0.1, -0.05) is 24.3 Å². The Bertz CT molecular complexity index is 674. The summed E-state index contributed by atoms with van der Waals surface area (Å²) in [5.74, 6) is -1.87. The lowest BCUT2D eigenvalue weighted by atomic mass is 9.92. The molecule has 0 aliphatic heterocycles. The van der Waals surface area contributed by atoms with Gasteiger partial charge >= 0.3 is 11.9 Å². The summed E-state index contributed by atoms with van der Waals surface area (Å²) in [5.41, 5.74) is 5.20. The van der Waals surface area contributed by atoms with E-state index in [-0.39, 0.29) is 0 Å². The molecule has 0 atom stereocenters. The molecule has 4 heteroatoms. The van der Waals surface area contributed by atoms with Crippen LogP contribution in [0.5, 0.6) is 0 Å². The molecule has 0 aliphatic rings. The minimum Gasteiger partial charge on any atom is -0.478 e. The molecular formula is C18H18O4. The molecule has 22 heavy (non-hydrogen) atoms. The first-order valence-electron chi connectivity index (χ1n) is 6.91. The SMILES string of the molecule is Cc1cc(-c2cc(C)c(C(=O)O)c(C)c2)cc(C)c1C(=O)O. The second-order valence-corrected chi connectivity index (χ2v) is 5.58. The zero-order chi connectivity index (χ0) is 16.6. The summed E-state index contributed by atoms with van der Waals surface area (Å²) in [6, 6.07) is 7.30. The van der Waals surface area contributed by atoms with Crippen LogP contribution >= 0.6 is 0 Å². The van der Waals surface area contributed by atoms with Crippen molar-refractivity contribution in [1.29, 1.82) is 0 Å². The number of hydrogen-bond donors (Lipinski definition) is 2. The predicted octanol–water partition coefficient (Wildman–Crippen LogP) is 3.98. The Kier molecular flexibility index (Phi) is 4.04. The Morgan fingerprint density at radius 1 is 0.636 bits per heavy atom. The number of carboxylic acids is 2. The highest BCUT2D eigenvalue weighted by molar-refractivity contribution is 5.93. The van der Waals surface area contributed by atoms with Crippen LogP contribution in [-0.4, -0.2) is 22.2 Å². The van der Waals surface area contributed by atoms with Crippen LogP contribution in [0.4, 0.5) is 0 Å². The summed E-state index contributed by atoms with van der Waals surface area (Å²) in [5, 5.41) is 18.5. The van der Waals surface area contributed by atoms with Crippen LogP contribution in [0, 0.1) is 27.7 Å². The topological polar surface area (TPSA) is 74.6 Å². The average Bonchev–Trinajstić information content (AvgIpc) is 2.35. The maximum Gasteiger partial charge on any atom is 0.336 e. The van der Waals surface area contributed by atoms with Crippen LogP contribution < -0.4 is 0 Å². The second kappa shape index (κ2) is 5.64. The fourth-order valence-corrected chi connectivity index (χ4v) is 2.94. The summed E-state index contributed by atoms with van der Waals surface area (Å²) in [4.78, 5) is 22.5. The maximum atomic E-state index is 11.3. The van der Waals surface area contributed by atoms with E-state index in [1.54, 1.807) is 27.7 Å². The van der Waals surface area contributed by atoms with Crippen molar-refractivity contribution in [2.75, 3.05) is 0 Å². The van der Waals surface area contributed by atoms with Gasteiger partial charge < -0.3 is 10.2 Å². The molecule has 0 aliphatic carbocycles. The third-order valence-corrected chi connectivity index (χ3v) is 3.83. The van der Waals surface area contributed by atoms with Crippen LogP contribution in [-0.2, 0) is 0 Å². The number of aromatic carboxylic acids is 2. The quantitative estimate of drug-likeness (QED) is 0.898. The van der Waals surface area contributed by atoms with Gasteiger partial charge in [0.2, 0.25) is 0 Å². The van der Waals surface area contributed by atoms with Crippen molar-refractivity contribution in [3.63, 3.8) is 0 Å². The highest BCUT2D eigenvalue weighted by Gasteiger charge is 2.15. The Labute approximate surface area is 129 Å². The highest BCUT2D eigenvalue weighted by atomic mass is 16.4. The van der Waals surface area contributed by atoms with Crippen LogP contribution in [0.15, 0.2) is 24.3 Å². The highest BCUT2D eigenvalue weighted by Crippen LogP contribution is 2.29. The number of benzene rings is 2. The van der Waals surface area contributed by atoms with E-state index in [4.69, 9.17) is 0 Å². The van der Waals surface area contributed by atoms with E-state index < -0.39 is 11.9 Å². The van der Waals surface area contributed by atoms with Crippen LogP contribution in [0.3, 0.4) is 0 Å². The molecule has 0 fully saturated rings. The van der Waals surface area contributed by atoms with Crippen LogP contribution in [0.25, 0.3) is 11.1 Å². The molecule has 2 rings (SSSR count). The van der Waals surface area contributed by atoms with E-state index in [0.29, 0.717) is 33.4 Å². The molecule has 0 spiro atoms. The molecule has 0 radical (unpaired) electrons. The molecule has 0 unspecified atom stereocenters. The molecular weight excluding hydrogens is 280 g/mol. The summed E-state index contributed by atoms with van der Waals surface area (Å²) in [6.07, 6.45) is 0. The number of carbonyl (C=O) groups is 2. The first kappa shape index (κ1) is 15.8. The fraction of sp³-hybridized carbons (Fsp3) is 0.222. The Morgan fingerprint density at radius 2 is 0.864 bits per heavy atom. The zero-order valence-corrected chi connectivity index (χ0v) is 13.0. The van der Waals surface area contributed by atoms with Gasteiger partial charge in [-0.25, -0.2) is 9.59 Å². The van der Waals surface area contributed by atoms with E-state index in [1.807, 2.05) is 24.3 Å². The van der Waals surface area contributed by atoms with Gasteiger partial charge in [0.15, 0.2) is 0 Å². The van der Waals surface area contributed by atoms with E-state index >= 15 is 0 Å². The monoisotopic (exact) mass is 298 g/mol. The molecule has 0 heterocycles. The second-order valence-electron chi connectivity index (χ2n) is 5.58. The molecule has 0 amide bonds. The van der Waals surface area contributed by atoms with E-state index in [1.165, 1.54) is 0 Å². The summed E-state index contributed by atoms with van der Waals surface area (Å²) < 4.78 is 0. The van der Waals surface area contributed by atoms with Gasteiger partial charge in [0, 0.05) is 0 Å². The van der Waals surface area contributed by atoms with Crippen molar-refractivity contribution in [1.82, 2.24) is 0 Å². The standard InChI is InChI=1S/C18H18O4/c1-9-5-13(6-10(2)15(9)17(19)20)14-7-11(3)16(18(21)22)12(4)8-14/h5-8H,1-4H3,(H,19,20)(H,21,22). The van der Waals surface area contributed by atoms with Crippen LogP contribution in [0.2, 0.25) is 0 Å². The number of carboxylic acid groups (broad SMARTS) is 2. The largest absolute Gasteiger partial charge is 0.478 e. The van der Waals surface area contributed by atoms with Gasteiger partial charge in [0.1, 0.15) is 0 Å². The van der Waals surface area contributed by atoms with Crippen molar-refractivity contribution >= 4 is 11.9 Å². The Hall–Kier alpha value is -2.62. The molecule has 4 nitrogen and oxygen atoms in total. The molecule has 0 saturated carbocycles. The Balaban J connectivity index is 2.63. The summed E-state index contributed by atoms with van der Waals surface area (Å²) in [6.45, 7) is 7.08. The van der Waals surface area contributed by atoms with Crippen molar-refractivity contribution in [3.05, 3.63) is 57.6 Å². The van der Waals surface area contributed by atoms with Gasteiger partial charge in [-0.15, -0.1) is 0 Å². The van der Waals surface area contributed by atoms with E-state index in [2.05, 4.69) is 0 Å². The lowest BCUT2D eigenvalue weighted by Gasteiger charge is -2.13. The fourth-order valence-electron chi connectivity index (χ4n) is 2.94. The zero-order valence-electron chi connectivity index (χ0n) is 13.0. The van der Waals surface area contributed by atoms with Gasteiger partial charge in [-0.2, -0.15) is 0 Å². The van der Waals surface area contributed by atoms with Gasteiger partial charge in [0.25, 0.3) is 0 Å².